The molecule has 1 N–H and O–H groups in total. The lowest BCUT2D eigenvalue weighted by atomic mass is 10.1. The summed E-state index contributed by atoms with van der Waals surface area (Å²) >= 11 is 5.57. The van der Waals surface area contributed by atoms with Crippen LogP contribution in [0.2, 0.25) is 5.02 Å². The Balaban J connectivity index is 0.000000208. The zero-order valence-electron chi connectivity index (χ0n) is 20.1. The fourth-order valence-electron chi connectivity index (χ4n) is 3.24. The Hall–Kier alpha value is -4.73. The normalized spacial score (nSPS) is 11.7. The molecule has 5 aromatic rings. The number of halogens is 10. The van der Waals surface area contributed by atoms with Gasteiger partial charge in [0, 0.05) is 18.3 Å². The van der Waals surface area contributed by atoms with Gasteiger partial charge in [-0.1, -0.05) is 34.0 Å². The number of rotatable bonds is 4. The highest BCUT2D eigenvalue weighted by atomic mass is 35.5. The van der Waals surface area contributed by atoms with Crippen molar-refractivity contribution < 1.29 is 58.4 Å². The van der Waals surface area contributed by atoms with Crippen molar-refractivity contribution in [2.45, 2.75) is 12.4 Å². The average molecular weight is 624 g/mol. The predicted molar refractivity (Wildman–Crippen MR) is 125 cm³/mol. The highest BCUT2D eigenvalue weighted by molar-refractivity contribution is 6.30. The van der Waals surface area contributed by atoms with Gasteiger partial charge in [-0.3, -0.25) is 0 Å². The van der Waals surface area contributed by atoms with Gasteiger partial charge in [0.2, 0.25) is 11.5 Å². The van der Waals surface area contributed by atoms with E-state index in [1.54, 1.807) is 0 Å². The summed E-state index contributed by atoms with van der Waals surface area (Å²) in [5.74, 6) is -6.85. The number of hydrogen-bond donors (Lipinski definition) is 1. The Kier molecular flexibility index (Phi) is 8.38. The van der Waals surface area contributed by atoms with Gasteiger partial charge in [-0.2, -0.15) is 26.3 Å². The number of ether oxygens (including phenoxy) is 1. The van der Waals surface area contributed by atoms with Crippen molar-refractivity contribution in [2.24, 2.45) is 0 Å². The van der Waals surface area contributed by atoms with Crippen molar-refractivity contribution in [2.75, 3.05) is 0 Å². The first kappa shape index (κ1) is 30.2. The summed E-state index contributed by atoms with van der Waals surface area (Å²) in [4.78, 5) is 3.61. The summed E-state index contributed by atoms with van der Waals surface area (Å²) < 4.78 is 129. The molecule has 42 heavy (non-hydrogen) atoms. The fourth-order valence-corrected chi connectivity index (χ4v) is 3.38. The van der Waals surface area contributed by atoms with Crippen molar-refractivity contribution in [3.8, 4) is 39.9 Å². The van der Waals surface area contributed by atoms with Crippen LogP contribution in [0, 0.1) is 17.5 Å². The first-order valence-corrected chi connectivity index (χ1v) is 11.4. The zero-order valence-corrected chi connectivity index (χ0v) is 20.8. The van der Waals surface area contributed by atoms with E-state index in [1.807, 2.05) is 0 Å². The molecule has 0 saturated carbocycles. The van der Waals surface area contributed by atoms with Crippen molar-refractivity contribution in [1.29, 1.82) is 0 Å². The second-order valence-corrected chi connectivity index (χ2v) is 8.37. The molecule has 0 radical (unpaired) electrons. The van der Waals surface area contributed by atoms with E-state index in [1.165, 1.54) is 18.2 Å². The van der Waals surface area contributed by atoms with E-state index >= 15 is 0 Å². The molecule has 0 amide bonds. The largest absolute Gasteiger partial charge is 0.507 e. The molecule has 3 heterocycles. The van der Waals surface area contributed by atoms with E-state index in [-0.39, 0.29) is 10.8 Å². The molecule has 0 saturated heterocycles. The lowest BCUT2D eigenvalue weighted by Crippen LogP contribution is -2.02. The maximum Gasteiger partial charge on any atom is 0.452 e. The lowest BCUT2D eigenvalue weighted by Gasteiger charge is -2.10. The van der Waals surface area contributed by atoms with Crippen molar-refractivity contribution in [3.63, 3.8) is 0 Å². The van der Waals surface area contributed by atoms with Gasteiger partial charge in [0.15, 0.2) is 5.82 Å². The smallest absolute Gasteiger partial charge is 0.452 e. The van der Waals surface area contributed by atoms with Gasteiger partial charge in [-0.25, -0.2) is 18.2 Å². The van der Waals surface area contributed by atoms with Crippen molar-refractivity contribution in [1.82, 2.24) is 15.3 Å². The highest BCUT2D eigenvalue weighted by Crippen LogP contribution is 2.39. The van der Waals surface area contributed by atoms with E-state index in [0.717, 1.165) is 30.5 Å². The van der Waals surface area contributed by atoms with E-state index in [4.69, 9.17) is 16.3 Å². The number of phenolic OH excluding ortho intramolecular Hbond substituents is 1. The topological polar surface area (TPSA) is 94.4 Å². The maximum absolute atomic E-state index is 14.1. The number of phenols is 1. The van der Waals surface area contributed by atoms with Crippen LogP contribution in [-0.2, 0) is 12.4 Å². The molecular formula is C25H11ClF9N3O4. The maximum atomic E-state index is 14.1. The van der Waals surface area contributed by atoms with Crippen LogP contribution in [0.3, 0.4) is 0 Å². The number of hydrogen-bond acceptors (Lipinski definition) is 7. The molecule has 0 fully saturated rings. The number of alkyl halides is 6. The Morgan fingerprint density at radius 1 is 0.714 bits per heavy atom. The third-order valence-electron chi connectivity index (χ3n) is 5.04. The summed E-state index contributed by atoms with van der Waals surface area (Å²) in [6, 6.07) is 8.74. The molecule has 0 aliphatic heterocycles. The Morgan fingerprint density at radius 3 is 1.74 bits per heavy atom. The van der Waals surface area contributed by atoms with E-state index < -0.39 is 75.5 Å². The zero-order chi connectivity index (χ0) is 30.8. The number of aromatic nitrogens is 3. The molecule has 17 heteroatoms. The van der Waals surface area contributed by atoms with Crippen LogP contribution in [0.5, 0.6) is 17.4 Å². The van der Waals surface area contributed by atoms with Gasteiger partial charge in [0.1, 0.15) is 34.5 Å². The molecule has 5 rings (SSSR count). The summed E-state index contributed by atoms with van der Waals surface area (Å²) in [6.07, 6.45) is -8.40. The molecule has 7 nitrogen and oxygen atoms in total. The Labute approximate surface area is 232 Å². The molecule has 0 bridgehead atoms. The fraction of sp³-hybridized carbons (Fsp3) is 0.0800. The average Bonchev–Trinajstić information content (AvgIpc) is 3.57. The van der Waals surface area contributed by atoms with Crippen LogP contribution in [0.15, 0.2) is 69.8 Å². The Bertz CT molecular complexity index is 1700. The quantitative estimate of drug-likeness (QED) is 0.200. The molecule has 0 aliphatic carbocycles. The number of pyridine rings is 1. The summed E-state index contributed by atoms with van der Waals surface area (Å²) in [5, 5.41) is 15.6. The minimum Gasteiger partial charge on any atom is -0.507 e. The standard InChI is InChI=1S/C15H6ClF5N2O2.C10H5F4NO2/c16-7-4-9(18)14(22-6-7)24-11-3-1-2-8(17)13(11)10-5-12(25-23-10)15(19,20)21;11-5-2-1-3-7(16)9(5)6-4-8(17-15-6)10(12,13)14/h1-6H;1-4,16H. The van der Waals surface area contributed by atoms with Gasteiger partial charge in [-0.05, 0) is 30.3 Å². The molecule has 0 unspecified atom stereocenters. The minimum absolute atomic E-state index is 0.00985. The van der Waals surface area contributed by atoms with Crippen molar-refractivity contribution >= 4 is 11.6 Å². The van der Waals surface area contributed by atoms with Gasteiger partial charge < -0.3 is 18.9 Å². The Morgan fingerprint density at radius 2 is 1.24 bits per heavy atom. The predicted octanol–water partition coefficient (Wildman–Crippen LogP) is 8.68. The van der Waals surface area contributed by atoms with Crippen LogP contribution < -0.4 is 4.74 Å². The second kappa shape index (κ2) is 11.6. The minimum atomic E-state index is -4.79. The lowest BCUT2D eigenvalue weighted by molar-refractivity contribution is -0.156. The van der Waals surface area contributed by atoms with Gasteiger partial charge in [0.05, 0.1) is 16.1 Å². The number of nitrogens with zero attached hydrogens (tertiary/aromatic N) is 3. The SMILES string of the molecule is Fc1cc(Cl)cnc1Oc1cccc(F)c1-c1cc(C(F)(F)F)on1.Oc1cccc(F)c1-c1cc(C(F)(F)F)on1. The van der Waals surface area contributed by atoms with Gasteiger partial charge >= 0.3 is 12.4 Å². The molecule has 0 aliphatic rings. The molecular weight excluding hydrogens is 613 g/mol. The third-order valence-corrected chi connectivity index (χ3v) is 5.25. The van der Waals surface area contributed by atoms with E-state index in [0.29, 0.717) is 12.1 Å². The number of aromatic hydroxyl groups is 1. The van der Waals surface area contributed by atoms with Crippen LogP contribution in [0.25, 0.3) is 22.5 Å². The van der Waals surface area contributed by atoms with Crippen LogP contribution >= 0.6 is 11.6 Å². The number of benzene rings is 2. The van der Waals surface area contributed by atoms with Gasteiger partial charge in [0.25, 0.3) is 5.88 Å². The first-order valence-electron chi connectivity index (χ1n) is 11.0. The molecule has 3 aromatic heterocycles. The van der Waals surface area contributed by atoms with E-state index in [9.17, 15) is 44.6 Å². The molecule has 220 valence electrons. The first-order chi connectivity index (χ1) is 19.6. The molecule has 0 atom stereocenters. The van der Waals surface area contributed by atoms with Crippen molar-refractivity contribution in [3.05, 3.63) is 94.8 Å². The third kappa shape index (κ3) is 6.76. The summed E-state index contributed by atoms with van der Waals surface area (Å²) in [7, 11) is 0. The van der Waals surface area contributed by atoms with Crippen LogP contribution in [-0.4, -0.2) is 20.4 Å². The monoisotopic (exact) mass is 623 g/mol. The highest BCUT2D eigenvalue weighted by Gasteiger charge is 2.37. The molecule has 2 aromatic carbocycles. The molecule has 0 spiro atoms. The van der Waals surface area contributed by atoms with Crippen LogP contribution in [0.1, 0.15) is 11.5 Å². The second-order valence-electron chi connectivity index (χ2n) is 7.94. The van der Waals surface area contributed by atoms with Gasteiger partial charge in [-0.15, -0.1) is 0 Å². The van der Waals surface area contributed by atoms with E-state index in [2.05, 4.69) is 24.3 Å². The summed E-state index contributed by atoms with van der Waals surface area (Å²) in [6.45, 7) is 0. The summed E-state index contributed by atoms with van der Waals surface area (Å²) in [5.41, 5.74) is -1.73. The van der Waals surface area contributed by atoms with Crippen LogP contribution in [0.4, 0.5) is 39.5 Å².